The van der Waals surface area contributed by atoms with Gasteiger partial charge in [0.1, 0.15) is 0 Å². The predicted molar refractivity (Wildman–Crippen MR) is 103 cm³/mol. The van der Waals surface area contributed by atoms with Gasteiger partial charge >= 0.3 is 0 Å². The molecule has 0 fully saturated rings. The van der Waals surface area contributed by atoms with E-state index in [1.54, 1.807) is 27.9 Å². The van der Waals surface area contributed by atoms with Crippen LogP contribution in [0.25, 0.3) is 0 Å². The summed E-state index contributed by atoms with van der Waals surface area (Å²) >= 11 is 6.24. The first-order valence-electron chi connectivity index (χ1n) is 8.03. The summed E-state index contributed by atoms with van der Waals surface area (Å²) in [5.74, 6) is 2.93. The van der Waals surface area contributed by atoms with Gasteiger partial charge in [0.25, 0.3) is 5.91 Å². The molecule has 0 saturated carbocycles. The Morgan fingerprint density at radius 2 is 1.92 bits per heavy atom. The van der Waals surface area contributed by atoms with Crippen molar-refractivity contribution in [3.8, 4) is 12.3 Å². The van der Waals surface area contributed by atoms with Crippen molar-refractivity contribution >= 4 is 40.4 Å². The third-order valence-electron chi connectivity index (χ3n) is 4.36. The lowest BCUT2D eigenvalue weighted by atomic mass is 10.2. The van der Waals surface area contributed by atoms with Crippen LogP contribution in [0.2, 0.25) is 5.02 Å². The van der Waals surface area contributed by atoms with Crippen molar-refractivity contribution in [1.29, 1.82) is 0 Å². The average molecular weight is 363 g/mol. The van der Waals surface area contributed by atoms with Gasteiger partial charge in [-0.05, 0) is 30.3 Å². The van der Waals surface area contributed by atoms with Crippen LogP contribution in [0.4, 0.5) is 22.9 Å². The van der Waals surface area contributed by atoms with Crippen LogP contribution in [0.1, 0.15) is 10.5 Å². The molecule has 0 radical (unpaired) electrons. The summed E-state index contributed by atoms with van der Waals surface area (Å²) < 4.78 is 1.69. The number of hydrogen-bond donors (Lipinski definition) is 0. The average Bonchev–Trinajstić information content (AvgIpc) is 3.03. The molecular formula is C20H15ClN4O. The molecule has 0 atom stereocenters. The number of aromatic nitrogens is 2. The molecule has 0 bridgehead atoms. The topological polar surface area (TPSA) is 41.4 Å². The monoisotopic (exact) mass is 362 g/mol. The molecule has 1 aromatic heterocycles. The van der Waals surface area contributed by atoms with Gasteiger partial charge in [-0.15, -0.1) is 6.42 Å². The van der Waals surface area contributed by atoms with Crippen LogP contribution >= 0.6 is 11.6 Å². The summed E-state index contributed by atoms with van der Waals surface area (Å²) in [5, 5.41) is 0.553. The van der Waals surface area contributed by atoms with E-state index >= 15 is 0 Å². The Morgan fingerprint density at radius 1 is 1.15 bits per heavy atom. The highest BCUT2D eigenvalue weighted by Crippen LogP contribution is 2.43. The second kappa shape index (κ2) is 6.25. The number of carbonyl (C=O) groups is 1. The van der Waals surface area contributed by atoms with Crippen molar-refractivity contribution in [1.82, 2.24) is 9.55 Å². The highest BCUT2D eigenvalue weighted by molar-refractivity contribution is 6.31. The van der Waals surface area contributed by atoms with Crippen LogP contribution in [-0.2, 0) is 6.54 Å². The second-order valence-electron chi connectivity index (χ2n) is 5.92. The van der Waals surface area contributed by atoms with E-state index in [1.807, 2.05) is 48.3 Å². The number of para-hydroxylation sites is 1. The Labute approximate surface area is 156 Å². The van der Waals surface area contributed by atoms with E-state index in [4.69, 9.17) is 18.0 Å². The van der Waals surface area contributed by atoms with E-state index < -0.39 is 0 Å². The molecule has 1 amide bonds. The maximum Gasteiger partial charge on any atom is 0.283 e. The smallest absolute Gasteiger partial charge is 0.283 e. The van der Waals surface area contributed by atoms with Crippen LogP contribution in [0, 0.1) is 12.3 Å². The molecule has 128 valence electrons. The summed E-state index contributed by atoms with van der Waals surface area (Å²) in [7, 11) is 1.88. The SMILES string of the molecule is C#CCn1cnc2c1C(=O)N(c1ccccc1)c1cc(Cl)ccc1N2C. The first-order valence-corrected chi connectivity index (χ1v) is 8.41. The maximum absolute atomic E-state index is 13.5. The summed E-state index contributed by atoms with van der Waals surface area (Å²) in [4.78, 5) is 21.5. The van der Waals surface area contributed by atoms with E-state index in [9.17, 15) is 4.79 Å². The number of fused-ring (bicyclic) bond motifs is 2. The first-order chi connectivity index (χ1) is 12.6. The van der Waals surface area contributed by atoms with Crippen LogP contribution < -0.4 is 9.80 Å². The van der Waals surface area contributed by atoms with Crippen LogP contribution in [0.3, 0.4) is 0 Å². The van der Waals surface area contributed by atoms with Crippen molar-refractivity contribution in [3.63, 3.8) is 0 Å². The van der Waals surface area contributed by atoms with Gasteiger partial charge in [0.05, 0.1) is 24.2 Å². The first kappa shape index (κ1) is 16.2. The molecular weight excluding hydrogens is 348 g/mol. The molecule has 6 heteroatoms. The van der Waals surface area contributed by atoms with Gasteiger partial charge in [-0.2, -0.15) is 0 Å². The third kappa shape index (κ3) is 2.43. The molecule has 1 aliphatic heterocycles. The lowest BCUT2D eigenvalue weighted by Gasteiger charge is -2.25. The number of hydrogen-bond acceptors (Lipinski definition) is 3. The van der Waals surface area contributed by atoms with Crippen molar-refractivity contribution in [2.45, 2.75) is 6.54 Å². The van der Waals surface area contributed by atoms with E-state index in [-0.39, 0.29) is 12.5 Å². The summed E-state index contributed by atoms with van der Waals surface area (Å²) in [5.41, 5.74) is 2.72. The van der Waals surface area contributed by atoms with Crippen molar-refractivity contribution < 1.29 is 4.79 Å². The number of amides is 1. The minimum absolute atomic E-state index is 0.202. The van der Waals surface area contributed by atoms with Gasteiger partial charge in [-0.25, -0.2) is 4.98 Å². The van der Waals surface area contributed by atoms with Gasteiger partial charge in [-0.3, -0.25) is 9.69 Å². The quantitative estimate of drug-likeness (QED) is 0.641. The largest absolute Gasteiger partial charge is 0.326 e. The molecule has 0 spiro atoms. The summed E-state index contributed by atoms with van der Waals surface area (Å²) in [6.07, 6.45) is 7.07. The van der Waals surface area contributed by atoms with Gasteiger partial charge in [0, 0.05) is 17.8 Å². The number of terminal acetylenes is 1. The fraction of sp³-hybridized carbons (Fsp3) is 0.100. The summed E-state index contributed by atoms with van der Waals surface area (Å²) in [6, 6.07) is 14.9. The van der Waals surface area contributed by atoms with E-state index in [2.05, 4.69) is 10.9 Å². The van der Waals surface area contributed by atoms with Crippen LogP contribution in [0.5, 0.6) is 0 Å². The zero-order valence-electron chi connectivity index (χ0n) is 14.1. The van der Waals surface area contributed by atoms with Gasteiger partial charge < -0.3 is 9.47 Å². The fourth-order valence-corrected chi connectivity index (χ4v) is 3.34. The molecule has 26 heavy (non-hydrogen) atoms. The predicted octanol–water partition coefficient (Wildman–Crippen LogP) is 4.23. The van der Waals surface area contributed by atoms with Gasteiger partial charge in [0.2, 0.25) is 0 Å². The van der Waals surface area contributed by atoms with Crippen LogP contribution in [-0.4, -0.2) is 22.5 Å². The fourth-order valence-electron chi connectivity index (χ4n) is 3.18. The molecule has 0 saturated heterocycles. The Balaban J connectivity index is 2.02. The van der Waals surface area contributed by atoms with Gasteiger partial charge in [0.15, 0.2) is 11.5 Å². The molecule has 1 aliphatic rings. The molecule has 5 nitrogen and oxygen atoms in total. The Morgan fingerprint density at radius 3 is 2.65 bits per heavy atom. The van der Waals surface area contributed by atoms with Gasteiger partial charge in [-0.1, -0.05) is 35.7 Å². The molecule has 2 heterocycles. The zero-order chi connectivity index (χ0) is 18.3. The van der Waals surface area contributed by atoms with E-state index in [0.29, 0.717) is 22.2 Å². The van der Waals surface area contributed by atoms with E-state index in [1.165, 1.54) is 0 Å². The molecule has 4 rings (SSSR count). The number of halogens is 1. The number of nitrogens with zero attached hydrogens (tertiary/aromatic N) is 4. The highest BCUT2D eigenvalue weighted by Gasteiger charge is 2.34. The molecule has 0 aliphatic carbocycles. The minimum atomic E-state index is -0.202. The Hall–Kier alpha value is -3.23. The lowest BCUT2D eigenvalue weighted by molar-refractivity contribution is 0.0992. The normalized spacial score (nSPS) is 13.0. The number of rotatable bonds is 2. The zero-order valence-corrected chi connectivity index (χ0v) is 14.8. The number of imidazole rings is 1. The highest BCUT2D eigenvalue weighted by atomic mass is 35.5. The summed E-state index contributed by atoms with van der Waals surface area (Å²) in [6.45, 7) is 0.266. The lowest BCUT2D eigenvalue weighted by Crippen LogP contribution is -2.27. The number of anilines is 4. The van der Waals surface area contributed by atoms with Crippen LogP contribution in [0.15, 0.2) is 54.9 Å². The van der Waals surface area contributed by atoms with Crippen molar-refractivity contribution in [3.05, 3.63) is 65.6 Å². The molecule has 0 unspecified atom stereocenters. The van der Waals surface area contributed by atoms with Crippen molar-refractivity contribution in [2.24, 2.45) is 0 Å². The third-order valence-corrected chi connectivity index (χ3v) is 4.59. The maximum atomic E-state index is 13.5. The Bertz CT molecular complexity index is 1040. The molecule has 0 N–H and O–H groups in total. The number of benzene rings is 2. The number of carbonyl (C=O) groups excluding carboxylic acids is 1. The molecule has 2 aromatic carbocycles. The minimum Gasteiger partial charge on any atom is -0.326 e. The van der Waals surface area contributed by atoms with E-state index in [0.717, 1.165) is 11.4 Å². The molecule has 3 aromatic rings. The Kier molecular flexibility index (Phi) is 3.90. The second-order valence-corrected chi connectivity index (χ2v) is 6.35. The standard InChI is InChI=1S/C20H15ClN4O/c1-3-11-24-13-22-19-18(24)20(26)25(15-7-5-4-6-8-15)17-12-14(21)9-10-16(17)23(19)2/h1,4-10,12-13H,11H2,2H3. The van der Waals surface area contributed by atoms with Crippen molar-refractivity contribution in [2.75, 3.05) is 16.8 Å².